The van der Waals surface area contributed by atoms with E-state index in [1.54, 1.807) is 0 Å². The Morgan fingerprint density at radius 1 is 1.00 bits per heavy atom. The van der Waals surface area contributed by atoms with E-state index < -0.39 is 0 Å². The Labute approximate surface area is 188 Å². The Morgan fingerprint density at radius 3 is 2.41 bits per heavy atom. The summed E-state index contributed by atoms with van der Waals surface area (Å²) in [5.41, 5.74) is 5.23. The monoisotopic (exact) mass is 426 g/mol. The van der Waals surface area contributed by atoms with Gasteiger partial charge < -0.3 is 5.32 Å². The van der Waals surface area contributed by atoms with E-state index in [-0.39, 0.29) is 11.3 Å². The van der Waals surface area contributed by atoms with Crippen LogP contribution in [0.25, 0.3) is 16.8 Å². The summed E-state index contributed by atoms with van der Waals surface area (Å²) in [6.07, 6.45) is 12.5. The molecule has 8 rings (SSSR count). The lowest BCUT2D eigenvalue weighted by Crippen LogP contribution is -2.49. The van der Waals surface area contributed by atoms with Crippen molar-refractivity contribution in [2.24, 2.45) is 17.8 Å². The molecule has 5 aliphatic carbocycles. The second kappa shape index (κ2) is 6.66. The minimum absolute atomic E-state index is 0.0291. The van der Waals surface area contributed by atoms with E-state index in [1.807, 2.05) is 18.2 Å². The lowest BCUT2D eigenvalue weighted by Gasteiger charge is -2.55. The zero-order valence-corrected chi connectivity index (χ0v) is 18.7. The first-order valence-corrected chi connectivity index (χ1v) is 12.3. The van der Waals surface area contributed by atoms with E-state index in [4.69, 9.17) is 5.10 Å². The highest BCUT2D eigenvalue weighted by atomic mass is 16.1. The van der Waals surface area contributed by atoms with Crippen LogP contribution < -0.4 is 5.32 Å². The van der Waals surface area contributed by atoms with Crippen molar-refractivity contribution in [2.45, 2.75) is 69.7 Å². The van der Waals surface area contributed by atoms with Gasteiger partial charge in [0.2, 0.25) is 0 Å². The molecule has 0 spiro atoms. The molecule has 5 aliphatic rings. The highest BCUT2D eigenvalue weighted by Gasteiger charge is 2.53. The van der Waals surface area contributed by atoms with Crippen LogP contribution >= 0.6 is 0 Å². The van der Waals surface area contributed by atoms with Crippen molar-refractivity contribution < 1.29 is 4.79 Å². The summed E-state index contributed by atoms with van der Waals surface area (Å²) < 4.78 is 2.25. The molecule has 3 aromatic rings. The summed E-state index contributed by atoms with van der Waals surface area (Å²) in [6, 6.07) is 10.7. The van der Waals surface area contributed by atoms with Gasteiger partial charge in [-0.15, -0.1) is 10.2 Å². The third-order valence-electron chi connectivity index (χ3n) is 8.65. The maximum atomic E-state index is 12.6. The lowest BCUT2D eigenvalue weighted by atomic mass is 9.49. The van der Waals surface area contributed by atoms with Gasteiger partial charge in [-0.1, -0.05) is 6.07 Å². The SMILES string of the molecule is Cc1ccc(C(=O)NC2CC2)cc1-c1ccn2c(C34CC5CC(CC(C5)C3)C4)nnc2c1. The maximum Gasteiger partial charge on any atom is 0.251 e. The Bertz CT molecular complexity index is 1200. The molecule has 32 heavy (non-hydrogen) atoms. The maximum absolute atomic E-state index is 12.6. The van der Waals surface area contributed by atoms with Crippen LogP contribution in [-0.2, 0) is 5.41 Å². The van der Waals surface area contributed by atoms with Crippen LogP contribution in [-0.4, -0.2) is 26.5 Å². The average Bonchev–Trinajstić information content (AvgIpc) is 3.47. The average molecular weight is 427 g/mol. The van der Waals surface area contributed by atoms with Crippen molar-refractivity contribution in [3.63, 3.8) is 0 Å². The number of carbonyl (C=O) groups is 1. The minimum atomic E-state index is 0.0291. The molecule has 1 amide bonds. The normalized spacial score (nSPS) is 30.7. The molecule has 4 bridgehead atoms. The number of benzene rings is 1. The van der Waals surface area contributed by atoms with Crippen LogP contribution in [0.4, 0.5) is 0 Å². The largest absolute Gasteiger partial charge is 0.349 e. The summed E-state index contributed by atoms with van der Waals surface area (Å²) >= 11 is 0. The highest BCUT2D eigenvalue weighted by Crippen LogP contribution is 2.60. The van der Waals surface area contributed by atoms with Gasteiger partial charge >= 0.3 is 0 Å². The summed E-state index contributed by atoms with van der Waals surface area (Å²) in [5, 5.41) is 12.5. The summed E-state index contributed by atoms with van der Waals surface area (Å²) in [7, 11) is 0. The molecule has 5 fully saturated rings. The van der Waals surface area contributed by atoms with Crippen LogP contribution in [0, 0.1) is 24.7 Å². The number of aromatic nitrogens is 3. The second-order valence-corrected chi connectivity index (χ2v) is 11.1. The molecule has 2 aromatic heterocycles. The Hall–Kier alpha value is -2.69. The number of fused-ring (bicyclic) bond motifs is 1. The predicted molar refractivity (Wildman–Crippen MR) is 123 cm³/mol. The molecule has 0 unspecified atom stereocenters. The number of hydrogen-bond donors (Lipinski definition) is 1. The number of amides is 1. The van der Waals surface area contributed by atoms with Gasteiger partial charge in [0, 0.05) is 23.2 Å². The van der Waals surface area contributed by atoms with Crippen molar-refractivity contribution >= 4 is 11.6 Å². The van der Waals surface area contributed by atoms with Gasteiger partial charge in [-0.25, -0.2) is 0 Å². The van der Waals surface area contributed by atoms with Gasteiger partial charge in [-0.2, -0.15) is 0 Å². The van der Waals surface area contributed by atoms with E-state index in [0.717, 1.165) is 58.5 Å². The molecule has 1 N–H and O–H groups in total. The Balaban J connectivity index is 1.25. The topological polar surface area (TPSA) is 59.3 Å². The summed E-state index contributed by atoms with van der Waals surface area (Å²) in [4.78, 5) is 12.6. The van der Waals surface area contributed by atoms with Gasteiger partial charge in [0.25, 0.3) is 5.91 Å². The standard InChI is InChI=1S/C27H30N4O/c1-16-2-3-21(25(32)28-22-4-5-22)11-23(16)20-6-7-31-24(12-20)29-30-26(31)27-13-17-8-18(14-27)10-19(9-17)15-27/h2-3,6-7,11-12,17-19,22H,4-5,8-10,13-15H2,1H3,(H,28,32). The van der Waals surface area contributed by atoms with Crippen LogP contribution in [0.15, 0.2) is 36.5 Å². The highest BCUT2D eigenvalue weighted by molar-refractivity contribution is 5.96. The van der Waals surface area contributed by atoms with Gasteiger partial charge in [0.15, 0.2) is 5.65 Å². The fraction of sp³-hybridized carbons (Fsp3) is 0.519. The number of nitrogens with zero attached hydrogens (tertiary/aromatic N) is 3. The molecule has 0 radical (unpaired) electrons. The summed E-state index contributed by atoms with van der Waals surface area (Å²) in [5.74, 6) is 3.88. The molecule has 1 aromatic carbocycles. The quantitative estimate of drug-likeness (QED) is 0.634. The molecule has 5 heteroatoms. The third kappa shape index (κ3) is 2.93. The number of pyridine rings is 1. The fourth-order valence-electron chi connectivity index (χ4n) is 7.38. The van der Waals surface area contributed by atoms with Crippen LogP contribution in [0.2, 0.25) is 0 Å². The molecule has 164 valence electrons. The predicted octanol–water partition coefficient (Wildman–Crippen LogP) is 5.06. The van der Waals surface area contributed by atoms with E-state index >= 15 is 0 Å². The van der Waals surface area contributed by atoms with Crippen LogP contribution in [0.3, 0.4) is 0 Å². The van der Waals surface area contributed by atoms with Crippen LogP contribution in [0.5, 0.6) is 0 Å². The van der Waals surface area contributed by atoms with Gasteiger partial charge in [-0.05, 0) is 117 Å². The summed E-state index contributed by atoms with van der Waals surface area (Å²) in [6.45, 7) is 2.10. The fourth-order valence-corrected chi connectivity index (χ4v) is 7.38. The number of hydrogen-bond acceptors (Lipinski definition) is 3. The minimum Gasteiger partial charge on any atom is -0.349 e. The molecule has 0 atom stereocenters. The first-order valence-electron chi connectivity index (χ1n) is 12.3. The van der Waals surface area contributed by atoms with Crippen molar-refractivity contribution in [1.82, 2.24) is 19.9 Å². The number of aryl methyl sites for hydroxylation is 1. The zero-order valence-electron chi connectivity index (χ0n) is 18.7. The molecular formula is C27H30N4O. The first-order chi connectivity index (χ1) is 15.6. The van der Waals surface area contributed by atoms with E-state index in [2.05, 4.69) is 40.1 Å². The van der Waals surface area contributed by atoms with Gasteiger partial charge in [0.1, 0.15) is 5.82 Å². The van der Waals surface area contributed by atoms with E-state index in [9.17, 15) is 4.79 Å². The molecule has 5 nitrogen and oxygen atoms in total. The van der Waals surface area contributed by atoms with E-state index in [0.29, 0.717) is 6.04 Å². The zero-order chi connectivity index (χ0) is 21.4. The van der Waals surface area contributed by atoms with Crippen molar-refractivity contribution in [1.29, 1.82) is 0 Å². The van der Waals surface area contributed by atoms with Crippen molar-refractivity contribution in [3.05, 3.63) is 53.5 Å². The van der Waals surface area contributed by atoms with Crippen LogP contribution in [0.1, 0.15) is 73.1 Å². The third-order valence-corrected chi connectivity index (χ3v) is 8.65. The number of carbonyl (C=O) groups excluding carboxylic acids is 1. The molecule has 0 saturated heterocycles. The van der Waals surface area contributed by atoms with Crippen molar-refractivity contribution in [2.75, 3.05) is 0 Å². The van der Waals surface area contributed by atoms with E-state index in [1.165, 1.54) is 44.3 Å². The molecular weight excluding hydrogens is 396 g/mol. The second-order valence-electron chi connectivity index (χ2n) is 11.1. The van der Waals surface area contributed by atoms with Gasteiger partial charge in [0.05, 0.1) is 0 Å². The molecule has 0 aliphatic heterocycles. The Kier molecular flexibility index (Phi) is 3.92. The van der Waals surface area contributed by atoms with Crippen molar-refractivity contribution in [3.8, 4) is 11.1 Å². The lowest BCUT2D eigenvalue weighted by molar-refractivity contribution is -0.00984. The number of nitrogens with one attached hydrogen (secondary N) is 1. The molecule has 5 saturated carbocycles. The van der Waals surface area contributed by atoms with Gasteiger partial charge in [-0.3, -0.25) is 9.20 Å². The Morgan fingerprint density at radius 2 is 1.72 bits per heavy atom. The number of rotatable bonds is 4. The molecule has 2 heterocycles. The smallest absolute Gasteiger partial charge is 0.251 e. The first kappa shape index (κ1) is 18.8.